The van der Waals surface area contributed by atoms with Crippen LogP contribution < -0.4 is 14.8 Å². The molecular formula is C28H43NO10. The largest absolute Gasteiger partial charge is 0.513 e. The van der Waals surface area contributed by atoms with E-state index in [1.54, 1.807) is 27.7 Å². The fourth-order valence-electron chi connectivity index (χ4n) is 2.93. The number of esters is 1. The first-order valence-corrected chi connectivity index (χ1v) is 13.1. The number of nitrogens with one attached hydrogen (secondary N) is 1. The maximum Gasteiger partial charge on any atom is 0.513 e. The third kappa shape index (κ3) is 11.5. The van der Waals surface area contributed by atoms with Gasteiger partial charge in [0.25, 0.3) is 5.72 Å². The standard InChI is InChI=1S/C28H43NO10/c1-10-19(6)29-28(23(30)31,39-24(32)27(7,8)9)14-20-11-12-21(37-25(33)35-15-17(2)3)22(13-20)38-26(34)36-16-18(4)5/h11-13,17-19,29H,10,14-16H2,1-9H3,(H,30,31)/t19?,28-/m0/s1. The molecule has 0 amide bonds. The monoisotopic (exact) mass is 553 g/mol. The summed E-state index contributed by atoms with van der Waals surface area (Å²) in [5, 5.41) is 13.1. The van der Waals surface area contributed by atoms with Crippen LogP contribution in [0.15, 0.2) is 18.2 Å². The van der Waals surface area contributed by atoms with E-state index in [9.17, 15) is 24.3 Å². The molecule has 1 rings (SSSR count). The number of aliphatic carboxylic acids is 1. The van der Waals surface area contributed by atoms with Gasteiger partial charge in [-0.1, -0.05) is 40.7 Å². The van der Waals surface area contributed by atoms with Crippen LogP contribution in [-0.4, -0.2) is 54.3 Å². The van der Waals surface area contributed by atoms with Crippen LogP contribution in [0.2, 0.25) is 0 Å². The van der Waals surface area contributed by atoms with Gasteiger partial charge in [-0.15, -0.1) is 0 Å². The highest BCUT2D eigenvalue weighted by molar-refractivity contribution is 5.84. The van der Waals surface area contributed by atoms with E-state index >= 15 is 0 Å². The van der Waals surface area contributed by atoms with Crippen LogP contribution in [0.5, 0.6) is 11.5 Å². The molecule has 1 aromatic carbocycles. The molecule has 0 fully saturated rings. The van der Waals surface area contributed by atoms with Crippen molar-refractivity contribution in [3.8, 4) is 11.5 Å². The Hall–Kier alpha value is -3.34. The summed E-state index contributed by atoms with van der Waals surface area (Å²) >= 11 is 0. The Morgan fingerprint density at radius 1 is 0.872 bits per heavy atom. The van der Waals surface area contributed by atoms with Gasteiger partial charge >= 0.3 is 24.2 Å². The van der Waals surface area contributed by atoms with Crippen LogP contribution in [0.1, 0.15) is 74.3 Å². The van der Waals surface area contributed by atoms with Crippen LogP contribution in [0.25, 0.3) is 0 Å². The topological polar surface area (TPSA) is 147 Å². The van der Waals surface area contributed by atoms with Crippen molar-refractivity contribution in [1.29, 1.82) is 0 Å². The Morgan fingerprint density at radius 2 is 1.38 bits per heavy atom. The third-order valence-corrected chi connectivity index (χ3v) is 5.23. The molecule has 2 N–H and O–H groups in total. The summed E-state index contributed by atoms with van der Waals surface area (Å²) in [7, 11) is 0. The van der Waals surface area contributed by atoms with Crippen molar-refractivity contribution in [1.82, 2.24) is 5.32 Å². The molecule has 0 saturated carbocycles. The SMILES string of the molecule is CCC(C)N[C@@](Cc1ccc(OC(=O)OCC(C)C)c(OC(=O)OCC(C)C)c1)(OC(=O)C(C)(C)C)C(=O)O. The van der Waals surface area contributed by atoms with Gasteiger partial charge in [-0.25, -0.2) is 14.4 Å². The number of hydrogen-bond donors (Lipinski definition) is 2. The van der Waals surface area contributed by atoms with E-state index in [0.717, 1.165) is 0 Å². The lowest BCUT2D eigenvalue weighted by Gasteiger charge is -2.35. The first kappa shape index (κ1) is 33.7. The minimum Gasteiger partial charge on any atom is -0.477 e. The number of rotatable bonds is 13. The van der Waals surface area contributed by atoms with E-state index in [-0.39, 0.29) is 49.0 Å². The van der Waals surface area contributed by atoms with Crippen molar-refractivity contribution in [3.63, 3.8) is 0 Å². The molecule has 0 saturated heterocycles. The Labute approximate surface area is 230 Å². The quantitative estimate of drug-likeness (QED) is 0.141. The number of carboxylic acid groups (broad SMARTS) is 1. The van der Waals surface area contributed by atoms with Gasteiger partial charge in [0.2, 0.25) is 0 Å². The lowest BCUT2D eigenvalue weighted by atomic mass is 9.95. The van der Waals surface area contributed by atoms with E-state index in [1.807, 2.05) is 34.6 Å². The van der Waals surface area contributed by atoms with Gasteiger partial charge in [-0.05, 0) is 63.6 Å². The molecule has 2 atom stereocenters. The van der Waals surface area contributed by atoms with Crippen LogP contribution in [0, 0.1) is 17.3 Å². The second kappa shape index (κ2) is 14.7. The molecule has 1 aromatic rings. The van der Waals surface area contributed by atoms with Crippen molar-refractivity contribution in [2.45, 2.75) is 86.9 Å². The van der Waals surface area contributed by atoms with Crippen LogP contribution in [0.4, 0.5) is 9.59 Å². The van der Waals surface area contributed by atoms with Crippen LogP contribution in [0.3, 0.4) is 0 Å². The van der Waals surface area contributed by atoms with Gasteiger partial charge in [-0.3, -0.25) is 10.1 Å². The van der Waals surface area contributed by atoms with Crippen LogP contribution in [-0.2, 0) is 30.2 Å². The van der Waals surface area contributed by atoms with Gasteiger partial charge in [0.15, 0.2) is 11.5 Å². The summed E-state index contributed by atoms with van der Waals surface area (Å²) in [5.41, 5.74) is -2.79. The third-order valence-electron chi connectivity index (χ3n) is 5.23. The molecule has 1 unspecified atom stereocenters. The predicted molar refractivity (Wildman–Crippen MR) is 143 cm³/mol. The zero-order valence-corrected chi connectivity index (χ0v) is 24.4. The van der Waals surface area contributed by atoms with Crippen molar-refractivity contribution >= 4 is 24.2 Å². The van der Waals surface area contributed by atoms with Gasteiger partial charge in [0.1, 0.15) is 0 Å². The molecule has 0 aliphatic carbocycles. The molecule has 0 aliphatic rings. The van der Waals surface area contributed by atoms with Crippen molar-refractivity contribution in [3.05, 3.63) is 23.8 Å². The average Bonchev–Trinajstić information content (AvgIpc) is 2.82. The second-order valence-electron chi connectivity index (χ2n) is 11.3. The summed E-state index contributed by atoms with van der Waals surface area (Å²) in [6.45, 7) is 16.1. The zero-order valence-electron chi connectivity index (χ0n) is 24.4. The van der Waals surface area contributed by atoms with E-state index in [1.165, 1.54) is 18.2 Å². The highest BCUT2D eigenvalue weighted by atomic mass is 16.7. The first-order valence-electron chi connectivity index (χ1n) is 13.1. The molecule has 0 heterocycles. The number of carboxylic acids is 1. The molecule has 11 heteroatoms. The lowest BCUT2D eigenvalue weighted by molar-refractivity contribution is -0.190. The van der Waals surface area contributed by atoms with E-state index in [4.69, 9.17) is 23.7 Å². The average molecular weight is 554 g/mol. The number of benzene rings is 1. The second-order valence-corrected chi connectivity index (χ2v) is 11.3. The van der Waals surface area contributed by atoms with Crippen LogP contribution >= 0.6 is 0 Å². The van der Waals surface area contributed by atoms with E-state index in [0.29, 0.717) is 12.0 Å². The number of hydrogen-bond acceptors (Lipinski definition) is 10. The highest BCUT2D eigenvalue weighted by Gasteiger charge is 2.46. The summed E-state index contributed by atoms with van der Waals surface area (Å²) < 4.78 is 26.2. The Balaban J connectivity index is 3.46. The normalized spacial score (nSPS) is 13.8. The molecule has 0 radical (unpaired) electrons. The number of ether oxygens (including phenoxy) is 5. The van der Waals surface area contributed by atoms with Gasteiger partial charge in [-0.2, -0.15) is 0 Å². The highest BCUT2D eigenvalue weighted by Crippen LogP contribution is 2.32. The Kier molecular flexibility index (Phi) is 12.7. The maximum atomic E-state index is 12.8. The maximum absolute atomic E-state index is 12.8. The minimum atomic E-state index is -2.13. The first-order chi connectivity index (χ1) is 18.0. The molecule has 39 heavy (non-hydrogen) atoms. The van der Waals surface area contributed by atoms with Crippen molar-refractivity contribution in [2.75, 3.05) is 13.2 Å². The Bertz CT molecular complexity index is 999. The number of carbonyl (C=O) groups excluding carboxylic acids is 3. The minimum absolute atomic E-state index is 0.0472. The number of carbonyl (C=O) groups is 4. The van der Waals surface area contributed by atoms with E-state index in [2.05, 4.69) is 5.32 Å². The lowest BCUT2D eigenvalue weighted by Crippen LogP contribution is -2.60. The summed E-state index contributed by atoms with van der Waals surface area (Å²) in [6.07, 6.45) is -1.81. The summed E-state index contributed by atoms with van der Waals surface area (Å²) in [4.78, 5) is 49.8. The summed E-state index contributed by atoms with van der Waals surface area (Å²) in [6, 6.07) is 3.80. The van der Waals surface area contributed by atoms with E-state index < -0.39 is 35.4 Å². The fourth-order valence-corrected chi connectivity index (χ4v) is 2.93. The Morgan fingerprint density at radius 3 is 1.82 bits per heavy atom. The molecule has 11 nitrogen and oxygen atoms in total. The molecule has 0 aliphatic heterocycles. The smallest absolute Gasteiger partial charge is 0.477 e. The zero-order chi connectivity index (χ0) is 30.0. The summed E-state index contributed by atoms with van der Waals surface area (Å²) in [5.74, 6) is -2.35. The van der Waals surface area contributed by atoms with Crippen molar-refractivity contribution < 1.29 is 48.0 Å². The molecule has 0 spiro atoms. The van der Waals surface area contributed by atoms with Gasteiger partial charge in [0.05, 0.1) is 18.6 Å². The van der Waals surface area contributed by atoms with Gasteiger partial charge < -0.3 is 28.8 Å². The molecule has 0 aromatic heterocycles. The van der Waals surface area contributed by atoms with Crippen molar-refractivity contribution in [2.24, 2.45) is 17.3 Å². The fraction of sp³-hybridized carbons (Fsp3) is 0.643. The predicted octanol–water partition coefficient (Wildman–Crippen LogP) is 5.33. The molecular weight excluding hydrogens is 510 g/mol. The van der Waals surface area contributed by atoms with Gasteiger partial charge in [0, 0.05) is 12.5 Å². The molecule has 0 bridgehead atoms. The molecule has 220 valence electrons.